The molecule has 24 heavy (non-hydrogen) atoms. The van der Waals surface area contributed by atoms with E-state index < -0.39 is 10.0 Å². The van der Waals surface area contributed by atoms with Crippen LogP contribution in [-0.2, 0) is 22.9 Å². The molecule has 0 atom stereocenters. The number of benzene rings is 2. The molecule has 0 saturated carbocycles. The molecule has 0 saturated heterocycles. The summed E-state index contributed by atoms with van der Waals surface area (Å²) in [6.07, 6.45) is 1.41. The van der Waals surface area contributed by atoms with E-state index in [9.17, 15) is 8.42 Å². The van der Waals surface area contributed by atoms with E-state index in [4.69, 9.17) is 14.2 Å². The minimum atomic E-state index is -3.72. The summed E-state index contributed by atoms with van der Waals surface area (Å²) in [6.45, 7) is 1.10. The maximum Gasteiger partial charge on any atom is 0.262 e. The first-order chi connectivity index (χ1) is 11.6. The Labute approximate surface area is 140 Å². The van der Waals surface area contributed by atoms with Crippen LogP contribution in [0.1, 0.15) is 11.1 Å². The average Bonchev–Trinajstić information content (AvgIpc) is 3.23. The Kier molecular flexibility index (Phi) is 3.53. The molecule has 0 aliphatic carbocycles. The van der Waals surface area contributed by atoms with Gasteiger partial charge in [-0.05, 0) is 30.3 Å². The summed E-state index contributed by atoms with van der Waals surface area (Å²) in [6, 6.07) is 8.22. The molecule has 2 aromatic carbocycles. The number of hydrogen-bond donors (Lipinski definition) is 1. The van der Waals surface area contributed by atoms with Gasteiger partial charge in [0.2, 0.25) is 0 Å². The number of nitrogens with one attached hydrogen (secondary N) is 1. The van der Waals surface area contributed by atoms with Gasteiger partial charge >= 0.3 is 0 Å². The number of anilines is 1. The van der Waals surface area contributed by atoms with Gasteiger partial charge in [-0.3, -0.25) is 4.72 Å². The largest absolute Gasteiger partial charge is 0.497 e. The van der Waals surface area contributed by atoms with Crippen molar-refractivity contribution >= 4 is 15.7 Å². The monoisotopic (exact) mass is 347 g/mol. The molecule has 6 nitrogen and oxygen atoms in total. The van der Waals surface area contributed by atoms with E-state index in [1.807, 2.05) is 6.07 Å². The Morgan fingerprint density at radius 2 is 1.83 bits per heavy atom. The normalized spacial score (nSPS) is 15.2. The van der Waals surface area contributed by atoms with Crippen LogP contribution in [0, 0.1) is 0 Å². The zero-order valence-electron chi connectivity index (χ0n) is 13.2. The van der Waals surface area contributed by atoms with Crippen molar-refractivity contribution in [1.82, 2.24) is 0 Å². The fraction of sp³-hybridized carbons (Fsp3) is 0.294. The zero-order valence-corrected chi connectivity index (χ0v) is 14.0. The lowest BCUT2D eigenvalue weighted by molar-refractivity contribution is 0.356. The molecule has 126 valence electrons. The molecule has 0 unspecified atom stereocenters. The van der Waals surface area contributed by atoms with Crippen LogP contribution in [0.2, 0.25) is 0 Å². The molecular formula is C17H17NO5S. The summed E-state index contributed by atoms with van der Waals surface area (Å²) in [5.41, 5.74) is 2.34. The van der Waals surface area contributed by atoms with Crippen LogP contribution in [0.15, 0.2) is 35.2 Å². The van der Waals surface area contributed by atoms with Crippen molar-refractivity contribution in [1.29, 1.82) is 0 Å². The molecule has 2 aliphatic heterocycles. The highest BCUT2D eigenvalue weighted by Crippen LogP contribution is 2.45. The number of hydrogen-bond acceptors (Lipinski definition) is 5. The molecule has 0 amide bonds. The van der Waals surface area contributed by atoms with Crippen LogP contribution in [-0.4, -0.2) is 28.7 Å². The fourth-order valence-electron chi connectivity index (χ4n) is 3.04. The molecule has 0 aromatic heterocycles. The third-order valence-corrected chi connectivity index (χ3v) is 5.62. The van der Waals surface area contributed by atoms with E-state index in [2.05, 4.69) is 4.72 Å². The number of rotatable bonds is 4. The minimum Gasteiger partial charge on any atom is -0.497 e. The summed E-state index contributed by atoms with van der Waals surface area (Å²) in [7, 11) is -2.19. The highest BCUT2D eigenvalue weighted by atomic mass is 32.2. The van der Waals surface area contributed by atoms with E-state index in [-0.39, 0.29) is 4.90 Å². The van der Waals surface area contributed by atoms with Crippen LogP contribution in [0.4, 0.5) is 5.69 Å². The highest BCUT2D eigenvalue weighted by molar-refractivity contribution is 7.92. The second-order valence-corrected chi connectivity index (χ2v) is 7.38. The summed E-state index contributed by atoms with van der Waals surface area (Å²) >= 11 is 0. The van der Waals surface area contributed by atoms with E-state index >= 15 is 0 Å². The Hall–Kier alpha value is -2.41. The average molecular weight is 347 g/mol. The Morgan fingerprint density at radius 1 is 1.08 bits per heavy atom. The van der Waals surface area contributed by atoms with Crippen LogP contribution < -0.4 is 18.9 Å². The molecule has 2 aliphatic rings. The lowest BCUT2D eigenvalue weighted by atomic mass is 10.0. The molecular weight excluding hydrogens is 330 g/mol. The van der Waals surface area contributed by atoms with Crippen molar-refractivity contribution in [2.75, 3.05) is 25.0 Å². The lowest BCUT2D eigenvalue weighted by Crippen LogP contribution is -2.14. The first-order valence-corrected chi connectivity index (χ1v) is 9.18. The second-order valence-electron chi connectivity index (χ2n) is 5.69. The summed E-state index contributed by atoms with van der Waals surface area (Å²) in [5.74, 6) is 1.97. The van der Waals surface area contributed by atoms with Crippen LogP contribution >= 0.6 is 0 Å². The summed E-state index contributed by atoms with van der Waals surface area (Å²) in [4.78, 5) is 0.173. The number of fused-ring (bicyclic) bond motifs is 2. The predicted octanol–water partition coefficient (Wildman–Crippen LogP) is 2.37. The lowest BCUT2D eigenvalue weighted by Gasteiger charge is -2.15. The van der Waals surface area contributed by atoms with Gasteiger partial charge in [-0.1, -0.05) is 0 Å². The molecule has 7 heteroatoms. The number of ether oxygens (including phenoxy) is 3. The van der Waals surface area contributed by atoms with Gasteiger partial charge < -0.3 is 14.2 Å². The highest BCUT2D eigenvalue weighted by Gasteiger charge is 2.29. The summed E-state index contributed by atoms with van der Waals surface area (Å²) < 4.78 is 44.6. The van der Waals surface area contributed by atoms with Crippen molar-refractivity contribution < 1.29 is 22.6 Å². The Bertz CT molecular complexity index is 858. The molecule has 1 N–H and O–H groups in total. The van der Waals surface area contributed by atoms with Crippen molar-refractivity contribution in [2.24, 2.45) is 0 Å². The molecule has 0 spiro atoms. The predicted molar refractivity (Wildman–Crippen MR) is 88.6 cm³/mol. The molecule has 2 heterocycles. The third kappa shape index (κ3) is 2.45. The van der Waals surface area contributed by atoms with E-state index in [0.717, 1.165) is 23.3 Å². The van der Waals surface area contributed by atoms with Gasteiger partial charge in [-0.2, -0.15) is 0 Å². The van der Waals surface area contributed by atoms with Crippen molar-refractivity contribution in [3.8, 4) is 17.2 Å². The minimum absolute atomic E-state index is 0.173. The van der Waals surface area contributed by atoms with Crippen molar-refractivity contribution in [3.05, 3.63) is 41.5 Å². The van der Waals surface area contributed by atoms with Gasteiger partial charge in [0, 0.05) is 24.0 Å². The maximum absolute atomic E-state index is 12.8. The molecule has 0 radical (unpaired) electrons. The van der Waals surface area contributed by atoms with E-state index in [1.165, 1.54) is 19.2 Å². The molecule has 0 bridgehead atoms. The van der Waals surface area contributed by atoms with Gasteiger partial charge in [0.05, 0.1) is 30.9 Å². The maximum atomic E-state index is 12.8. The number of sulfonamides is 1. The molecule has 4 rings (SSSR count). The van der Waals surface area contributed by atoms with E-state index in [1.54, 1.807) is 12.1 Å². The third-order valence-electron chi connectivity index (χ3n) is 4.26. The quantitative estimate of drug-likeness (QED) is 0.919. The first-order valence-electron chi connectivity index (χ1n) is 7.70. The fourth-order valence-corrected chi connectivity index (χ4v) is 4.14. The molecule has 0 fully saturated rings. The second kappa shape index (κ2) is 5.59. The topological polar surface area (TPSA) is 73.9 Å². The van der Waals surface area contributed by atoms with Crippen LogP contribution in [0.3, 0.4) is 0 Å². The number of methoxy groups -OCH3 is 1. The van der Waals surface area contributed by atoms with Crippen molar-refractivity contribution in [3.63, 3.8) is 0 Å². The molecule has 2 aromatic rings. The summed E-state index contributed by atoms with van der Waals surface area (Å²) in [5, 5.41) is 0. The van der Waals surface area contributed by atoms with Gasteiger partial charge in [0.1, 0.15) is 17.2 Å². The SMILES string of the molecule is COc1ccc(S(=O)(=O)Nc2c3c(cc4c2OCC4)OCC3)cc1. The van der Waals surface area contributed by atoms with Gasteiger partial charge in [0.25, 0.3) is 10.0 Å². The Morgan fingerprint density at radius 3 is 2.58 bits per heavy atom. The zero-order chi connectivity index (χ0) is 16.7. The van der Waals surface area contributed by atoms with Gasteiger partial charge in [0.15, 0.2) is 0 Å². The van der Waals surface area contributed by atoms with Crippen LogP contribution in [0.5, 0.6) is 17.2 Å². The Balaban J connectivity index is 1.75. The standard InChI is InChI=1S/C17H17NO5S/c1-21-12-2-4-13(5-3-12)24(19,20)18-16-14-7-9-22-15(14)10-11-6-8-23-17(11)16/h2-5,10,18H,6-9H2,1H3. The van der Waals surface area contributed by atoms with E-state index in [0.29, 0.717) is 36.8 Å². The van der Waals surface area contributed by atoms with Crippen molar-refractivity contribution in [2.45, 2.75) is 17.7 Å². The first kappa shape index (κ1) is 15.1. The smallest absolute Gasteiger partial charge is 0.262 e. The van der Waals surface area contributed by atoms with Crippen LogP contribution in [0.25, 0.3) is 0 Å². The van der Waals surface area contributed by atoms with Gasteiger partial charge in [-0.15, -0.1) is 0 Å². The van der Waals surface area contributed by atoms with Gasteiger partial charge in [-0.25, -0.2) is 8.42 Å².